The van der Waals surface area contributed by atoms with E-state index in [9.17, 15) is 4.79 Å². The van der Waals surface area contributed by atoms with E-state index < -0.39 is 5.97 Å². The molecule has 8 heteroatoms. The fraction of sp³-hybridized carbons (Fsp3) is 0.250. The van der Waals surface area contributed by atoms with Gasteiger partial charge < -0.3 is 19.1 Å². The number of thioether (sulfide) groups is 1. The summed E-state index contributed by atoms with van der Waals surface area (Å²) >= 11 is 1.60. The Balaban J connectivity index is 1.49. The highest BCUT2D eigenvalue weighted by Gasteiger charge is 2.11. The minimum atomic E-state index is -0.962. The highest BCUT2D eigenvalue weighted by atomic mass is 32.2. The van der Waals surface area contributed by atoms with Gasteiger partial charge in [-0.15, -0.1) is 10.2 Å². The van der Waals surface area contributed by atoms with Crippen molar-refractivity contribution in [3.63, 3.8) is 0 Å². The summed E-state index contributed by atoms with van der Waals surface area (Å²) in [6.07, 6.45) is 0.798. The van der Waals surface area contributed by atoms with Crippen molar-refractivity contribution in [2.75, 3.05) is 19.5 Å². The molecule has 0 aliphatic rings. The normalized spacial score (nSPS) is 10.6. The summed E-state index contributed by atoms with van der Waals surface area (Å²) in [6, 6.07) is 14.2. The van der Waals surface area contributed by atoms with Gasteiger partial charge >= 0.3 is 5.97 Å². The molecule has 0 atom stereocenters. The lowest BCUT2D eigenvalue weighted by atomic mass is 10.2. The van der Waals surface area contributed by atoms with E-state index in [1.54, 1.807) is 37.1 Å². The van der Waals surface area contributed by atoms with Crippen molar-refractivity contribution in [3.8, 4) is 22.9 Å². The number of nitrogens with zero attached hydrogens (tertiary/aromatic N) is 3. The minimum Gasteiger partial charge on any atom is -0.497 e. The molecule has 0 aliphatic carbocycles. The summed E-state index contributed by atoms with van der Waals surface area (Å²) < 4.78 is 12.8. The first-order valence-electron chi connectivity index (χ1n) is 8.71. The van der Waals surface area contributed by atoms with E-state index in [4.69, 9.17) is 14.6 Å². The average Bonchev–Trinajstić information content (AvgIpc) is 3.08. The molecule has 3 rings (SSSR count). The van der Waals surface area contributed by atoms with Crippen molar-refractivity contribution >= 4 is 17.7 Å². The Hall–Kier alpha value is -3.00. The van der Waals surface area contributed by atoms with Crippen LogP contribution in [0.25, 0.3) is 11.4 Å². The molecule has 0 saturated carbocycles. The summed E-state index contributed by atoms with van der Waals surface area (Å²) in [4.78, 5) is 11.0. The number of carboxylic acid groups (broad SMARTS) is 1. The number of hydrogen-bond donors (Lipinski definition) is 1. The topological polar surface area (TPSA) is 86.5 Å². The Morgan fingerprint density at radius 2 is 1.93 bits per heavy atom. The number of carboxylic acids is 1. The molecule has 1 aromatic heterocycles. The van der Waals surface area contributed by atoms with Gasteiger partial charge in [-0.05, 0) is 48.9 Å². The lowest BCUT2D eigenvalue weighted by Gasteiger charge is -2.07. The molecule has 0 aliphatic heterocycles. The van der Waals surface area contributed by atoms with Crippen molar-refractivity contribution in [1.29, 1.82) is 0 Å². The van der Waals surface area contributed by atoms with E-state index >= 15 is 0 Å². The molecule has 1 N–H and O–H groups in total. The fourth-order valence-electron chi connectivity index (χ4n) is 2.56. The smallest absolute Gasteiger partial charge is 0.335 e. The summed E-state index contributed by atoms with van der Waals surface area (Å²) in [7, 11) is 3.58. The van der Waals surface area contributed by atoms with E-state index in [-0.39, 0.29) is 5.56 Å². The molecule has 0 radical (unpaired) electrons. The Labute approximate surface area is 167 Å². The lowest BCUT2D eigenvalue weighted by molar-refractivity contribution is 0.0696. The van der Waals surface area contributed by atoms with Crippen LogP contribution in [0.2, 0.25) is 0 Å². The van der Waals surface area contributed by atoms with Crippen LogP contribution in [0.1, 0.15) is 16.8 Å². The van der Waals surface area contributed by atoms with E-state index in [1.165, 1.54) is 6.07 Å². The molecule has 28 heavy (non-hydrogen) atoms. The third kappa shape index (κ3) is 4.83. The van der Waals surface area contributed by atoms with E-state index in [2.05, 4.69) is 10.2 Å². The zero-order valence-corrected chi connectivity index (χ0v) is 16.5. The largest absolute Gasteiger partial charge is 0.497 e. The number of aromatic nitrogens is 3. The average molecular weight is 399 g/mol. The molecule has 0 saturated heterocycles. The first-order chi connectivity index (χ1) is 13.6. The first kappa shape index (κ1) is 19.8. The Morgan fingerprint density at radius 1 is 1.14 bits per heavy atom. The Morgan fingerprint density at radius 3 is 2.64 bits per heavy atom. The molecule has 2 aromatic carbocycles. The van der Waals surface area contributed by atoms with Gasteiger partial charge in [0.15, 0.2) is 11.0 Å². The monoisotopic (exact) mass is 399 g/mol. The molecular formula is C20H21N3O4S. The molecule has 7 nitrogen and oxygen atoms in total. The van der Waals surface area contributed by atoms with Crippen LogP contribution in [-0.2, 0) is 7.05 Å². The Kier molecular flexibility index (Phi) is 6.54. The van der Waals surface area contributed by atoms with Crippen molar-refractivity contribution < 1.29 is 19.4 Å². The number of benzene rings is 2. The zero-order valence-electron chi connectivity index (χ0n) is 15.7. The predicted octanol–water partition coefficient (Wildman–Crippen LogP) is 3.75. The third-order valence-corrected chi connectivity index (χ3v) is 5.16. The van der Waals surface area contributed by atoms with Gasteiger partial charge in [-0.2, -0.15) is 0 Å². The van der Waals surface area contributed by atoms with Gasteiger partial charge in [-0.3, -0.25) is 0 Å². The number of methoxy groups -OCH3 is 1. The Bertz CT molecular complexity index is 941. The molecule has 0 bridgehead atoms. The summed E-state index contributed by atoms with van der Waals surface area (Å²) in [6.45, 7) is 0.499. The highest BCUT2D eigenvalue weighted by molar-refractivity contribution is 7.99. The van der Waals surface area contributed by atoms with Crippen LogP contribution in [0.5, 0.6) is 11.5 Å². The highest BCUT2D eigenvalue weighted by Crippen LogP contribution is 2.24. The van der Waals surface area contributed by atoms with Crippen LogP contribution in [0.3, 0.4) is 0 Å². The fourth-order valence-corrected chi connectivity index (χ4v) is 3.39. The van der Waals surface area contributed by atoms with Crippen molar-refractivity contribution in [2.45, 2.75) is 11.6 Å². The van der Waals surface area contributed by atoms with Gasteiger partial charge in [0.05, 0.1) is 19.3 Å². The maximum Gasteiger partial charge on any atom is 0.335 e. The van der Waals surface area contributed by atoms with Crippen LogP contribution >= 0.6 is 11.8 Å². The zero-order chi connectivity index (χ0) is 19.9. The number of carbonyl (C=O) groups is 1. The second-order valence-electron chi connectivity index (χ2n) is 5.98. The standard InChI is InChI=1S/C20H21N3O4S/c1-23-18(14-7-9-16(26-2)10-8-14)21-22-20(23)28-12-4-11-27-17-6-3-5-15(13-17)19(24)25/h3,5-10,13H,4,11-12H2,1-2H3,(H,24,25). The molecular weight excluding hydrogens is 378 g/mol. The molecule has 0 amide bonds. The summed E-state index contributed by atoms with van der Waals surface area (Å²) in [5.74, 6) is 2.01. The van der Waals surface area contributed by atoms with Gasteiger partial charge in [-0.1, -0.05) is 17.8 Å². The van der Waals surface area contributed by atoms with Crippen molar-refractivity contribution in [2.24, 2.45) is 7.05 Å². The second kappa shape index (κ2) is 9.27. The van der Waals surface area contributed by atoms with Crippen LogP contribution in [0, 0.1) is 0 Å². The van der Waals surface area contributed by atoms with Gasteiger partial charge in [0.2, 0.25) is 0 Å². The van der Waals surface area contributed by atoms with E-state index in [1.807, 2.05) is 35.9 Å². The summed E-state index contributed by atoms with van der Waals surface area (Å²) in [5, 5.41) is 18.4. The summed E-state index contributed by atoms with van der Waals surface area (Å²) in [5.41, 5.74) is 1.20. The van der Waals surface area contributed by atoms with Crippen LogP contribution in [-0.4, -0.2) is 45.3 Å². The van der Waals surface area contributed by atoms with Crippen LogP contribution < -0.4 is 9.47 Å². The number of hydrogen-bond acceptors (Lipinski definition) is 6. The van der Waals surface area contributed by atoms with Crippen molar-refractivity contribution in [3.05, 3.63) is 54.1 Å². The van der Waals surface area contributed by atoms with Gasteiger partial charge in [0.25, 0.3) is 0 Å². The molecule has 146 valence electrons. The number of rotatable bonds is 9. The lowest BCUT2D eigenvalue weighted by Crippen LogP contribution is -2.02. The second-order valence-corrected chi connectivity index (χ2v) is 7.04. The number of aromatic carboxylic acids is 1. The maximum atomic E-state index is 11.0. The van der Waals surface area contributed by atoms with Gasteiger partial charge in [0, 0.05) is 18.4 Å². The van der Waals surface area contributed by atoms with Gasteiger partial charge in [-0.25, -0.2) is 4.79 Å². The van der Waals surface area contributed by atoms with Crippen molar-refractivity contribution in [1.82, 2.24) is 14.8 Å². The molecule has 0 spiro atoms. The van der Waals surface area contributed by atoms with E-state index in [0.717, 1.165) is 34.5 Å². The number of ether oxygens (including phenoxy) is 2. The quantitative estimate of drug-likeness (QED) is 0.433. The predicted molar refractivity (Wildman–Crippen MR) is 107 cm³/mol. The molecule has 0 fully saturated rings. The maximum absolute atomic E-state index is 11.0. The molecule has 0 unspecified atom stereocenters. The molecule has 1 heterocycles. The molecule has 3 aromatic rings. The van der Waals surface area contributed by atoms with Crippen LogP contribution in [0.15, 0.2) is 53.7 Å². The van der Waals surface area contributed by atoms with Crippen LogP contribution in [0.4, 0.5) is 0 Å². The van der Waals surface area contributed by atoms with Gasteiger partial charge in [0.1, 0.15) is 11.5 Å². The van der Waals surface area contributed by atoms with E-state index in [0.29, 0.717) is 12.4 Å². The first-order valence-corrected chi connectivity index (χ1v) is 9.70. The SMILES string of the molecule is COc1ccc(-c2nnc(SCCCOc3cccc(C(=O)O)c3)n2C)cc1. The third-order valence-electron chi connectivity index (χ3n) is 4.05. The minimum absolute atomic E-state index is 0.219.